The predicted molar refractivity (Wildman–Crippen MR) is 80.2 cm³/mol. The molecule has 2 aromatic heterocycles. The van der Waals surface area contributed by atoms with Crippen LogP contribution in [0.4, 0.5) is 11.5 Å². The Labute approximate surface area is 123 Å². The molecule has 0 aliphatic carbocycles. The van der Waals surface area contributed by atoms with E-state index in [0.29, 0.717) is 24.5 Å². The second-order valence-corrected chi connectivity index (χ2v) is 4.93. The summed E-state index contributed by atoms with van der Waals surface area (Å²) >= 11 is 0. The number of pyridine rings is 1. The topological polar surface area (TPSA) is 85.9 Å². The van der Waals surface area contributed by atoms with E-state index in [1.807, 2.05) is 19.9 Å². The molecule has 0 radical (unpaired) electrons. The number of aromatic nitrogens is 3. The molecular formula is C14H19N5O2. The third-order valence-corrected chi connectivity index (χ3v) is 3.36. The van der Waals surface area contributed by atoms with E-state index in [2.05, 4.69) is 15.4 Å². The lowest BCUT2D eigenvalue weighted by molar-refractivity contribution is -0.384. The first-order valence-electron chi connectivity index (χ1n) is 6.88. The number of nitrogens with zero attached hydrogens (tertiary/aromatic N) is 4. The average Bonchev–Trinajstić information content (AvgIpc) is 2.74. The van der Waals surface area contributed by atoms with Gasteiger partial charge in [-0.25, -0.2) is 4.68 Å². The molecule has 21 heavy (non-hydrogen) atoms. The van der Waals surface area contributed by atoms with Crippen molar-refractivity contribution in [3.8, 4) is 0 Å². The van der Waals surface area contributed by atoms with Crippen molar-refractivity contribution in [1.29, 1.82) is 0 Å². The van der Waals surface area contributed by atoms with Crippen LogP contribution in [0, 0.1) is 17.0 Å². The maximum Gasteiger partial charge on any atom is 0.334 e. The minimum Gasteiger partial charge on any atom is -0.360 e. The van der Waals surface area contributed by atoms with Crippen LogP contribution in [0.15, 0.2) is 18.5 Å². The lowest BCUT2D eigenvalue weighted by Crippen LogP contribution is -2.07. The van der Waals surface area contributed by atoms with Crippen molar-refractivity contribution in [2.24, 2.45) is 7.05 Å². The first kappa shape index (κ1) is 15.0. The van der Waals surface area contributed by atoms with Crippen LogP contribution in [-0.4, -0.2) is 19.7 Å². The SMILES string of the molecule is CCCc1nn(C)c(NCc2cnccc2C)c1[N+](=O)[O-]. The molecule has 1 N–H and O–H groups in total. The van der Waals surface area contributed by atoms with Crippen molar-refractivity contribution in [3.63, 3.8) is 0 Å². The van der Waals surface area contributed by atoms with Gasteiger partial charge in [-0.3, -0.25) is 15.1 Å². The number of nitro groups is 1. The molecule has 0 atom stereocenters. The van der Waals surface area contributed by atoms with E-state index in [4.69, 9.17) is 0 Å². The Balaban J connectivity index is 2.27. The average molecular weight is 289 g/mol. The quantitative estimate of drug-likeness (QED) is 0.652. The molecule has 2 aromatic rings. The molecule has 0 aliphatic rings. The van der Waals surface area contributed by atoms with Crippen LogP contribution in [0.1, 0.15) is 30.2 Å². The zero-order chi connectivity index (χ0) is 15.4. The van der Waals surface area contributed by atoms with Crippen LogP contribution >= 0.6 is 0 Å². The molecule has 0 bridgehead atoms. The van der Waals surface area contributed by atoms with Crippen LogP contribution in [0.2, 0.25) is 0 Å². The monoisotopic (exact) mass is 289 g/mol. The molecule has 7 nitrogen and oxygen atoms in total. The normalized spacial score (nSPS) is 10.6. The summed E-state index contributed by atoms with van der Waals surface area (Å²) < 4.78 is 1.54. The van der Waals surface area contributed by atoms with Crippen molar-refractivity contribution >= 4 is 11.5 Å². The molecule has 0 aliphatic heterocycles. The third-order valence-electron chi connectivity index (χ3n) is 3.36. The summed E-state index contributed by atoms with van der Waals surface area (Å²) in [6.07, 6.45) is 4.90. The highest BCUT2D eigenvalue weighted by Gasteiger charge is 2.25. The van der Waals surface area contributed by atoms with Crippen LogP contribution in [-0.2, 0) is 20.0 Å². The molecule has 112 valence electrons. The summed E-state index contributed by atoms with van der Waals surface area (Å²) in [5.41, 5.74) is 2.69. The molecule has 0 fully saturated rings. The summed E-state index contributed by atoms with van der Waals surface area (Å²) in [4.78, 5) is 15.0. The molecule has 2 rings (SSSR count). The molecule has 0 spiro atoms. The van der Waals surface area contributed by atoms with Gasteiger partial charge in [0.15, 0.2) is 0 Å². The van der Waals surface area contributed by atoms with E-state index < -0.39 is 0 Å². The van der Waals surface area contributed by atoms with Gasteiger partial charge in [-0.05, 0) is 30.5 Å². The standard InChI is InChI=1S/C14H19N5O2/c1-4-5-12-13(19(20)21)14(18(3)17-12)16-9-11-8-15-7-6-10(11)2/h6-8,16H,4-5,9H2,1-3H3. The fourth-order valence-corrected chi connectivity index (χ4v) is 2.22. The number of hydrogen-bond donors (Lipinski definition) is 1. The minimum atomic E-state index is -0.365. The predicted octanol–water partition coefficient (Wildman–Crippen LogP) is 2.60. The van der Waals surface area contributed by atoms with Crippen LogP contribution in [0.3, 0.4) is 0 Å². The van der Waals surface area contributed by atoms with Crippen molar-refractivity contribution < 1.29 is 4.92 Å². The lowest BCUT2D eigenvalue weighted by Gasteiger charge is -2.08. The molecule has 2 heterocycles. The largest absolute Gasteiger partial charge is 0.360 e. The molecule has 0 saturated heterocycles. The Morgan fingerprint density at radius 1 is 1.48 bits per heavy atom. The van der Waals surface area contributed by atoms with Crippen molar-refractivity contribution in [2.75, 3.05) is 5.32 Å². The van der Waals surface area contributed by atoms with E-state index in [1.54, 1.807) is 19.4 Å². The zero-order valence-electron chi connectivity index (χ0n) is 12.5. The Morgan fingerprint density at radius 2 is 2.24 bits per heavy atom. The van der Waals surface area contributed by atoms with Gasteiger partial charge >= 0.3 is 5.69 Å². The van der Waals surface area contributed by atoms with E-state index in [0.717, 1.165) is 17.5 Å². The van der Waals surface area contributed by atoms with E-state index in [9.17, 15) is 10.1 Å². The highest BCUT2D eigenvalue weighted by molar-refractivity contribution is 5.60. The van der Waals surface area contributed by atoms with Gasteiger partial charge in [0, 0.05) is 26.0 Å². The number of rotatable bonds is 6. The molecule has 0 amide bonds. The number of aryl methyl sites for hydroxylation is 3. The summed E-state index contributed by atoms with van der Waals surface area (Å²) in [6.45, 7) is 4.44. The summed E-state index contributed by atoms with van der Waals surface area (Å²) in [7, 11) is 1.71. The van der Waals surface area contributed by atoms with Crippen molar-refractivity contribution in [3.05, 3.63) is 45.4 Å². The van der Waals surface area contributed by atoms with Crippen LogP contribution < -0.4 is 5.32 Å². The maximum atomic E-state index is 11.3. The second kappa shape index (κ2) is 6.34. The van der Waals surface area contributed by atoms with Gasteiger partial charge in [0.1, 0.15) is 5.69 Å². The van der Waals surface area contributed by atoms with E-state index in [1.165, 1.54) is 4.68 Å². The Hall–Kier alpha value is -2.44. The summed E-state index contributed by atoms with van der Waals surface area (Å²) in [5, 5.41) is 18.7. The molecule has 0 unspecified atom stereocenters. The fraction of sp³-hybridized carbons (Fsp3) is 0.429. The van der Waals surface area contributed by atoms with Gasteiger partial charge < -0.3 is 5.32 Å². The molecule has 0 aromatic carbocycles. The Bertz CT molecular complexity index is 651. The third kappa shape index (κ3) is 3.18. The maximum absolute atomic E-state index is 11.3. The fourth-order valence-electron chi connectivity index (χ4n) is 2.22. The summed E-state index contributed by atoms with van der Waals surface area (Å²) in [6, 6.07) is 1.91. The zero-order valence-corrected chi connectivity index (χ0v) is 12.5. The Kier molecular flexibility index (Phi) is 4.52. The minimum absolute atomic E-state index is 0.0703. The van der Waals surface area contributed by atoms with Gasteiger partial charge in [0.05, 0.1) is 4.92 Å². The number of hydrogen-bond acceptors (Lipinski definition) is 5. The first-order chi connectivity index (χ1) is 10.0. The van der Waals surface area contributed by atoms with Gasteiger partial charge in [-0.2, -0.15) is 5.10 Å². The van der Waals surface area contributed by atoms with Crippen LogP contribution in [0.5, 0.6) is 0 Å². The summed E-state index contributed by atoms with van der Waals surface area (Å²) in [5.74, 6) is 0.437. The van der Waals surface area contributed by atoms with E-state index >= 15 is 0 Å². The smallest absolute Gasteiger partial charge is 0.334 e. The van der Waals surface area contributed by atoms with Gasteiger partial charge in [0.25, 0.3) is 0 Å². The van der Waals surface area contributed by atoms with Gasteiger partial charge in [0.2, 0.25) is 5.82 Å². The van der Waals surface area contributed by atoms with Gasteiger partial charge in [-0.1, -0.05) is 13.3 Å². The lowest BCUT2D eigenvalue weighted by atomic mass is 10.1. The Morgan fingerprint density at radius 3 is 2.86 bits per heavy atom. The number of nitrogens with one attached hydrogen (secondary N) is 1. The molecular weight excluding hydrogens is 270 g/mol. The van der Waals surface area contributed by atoms with E-state index in [-0.39, 0.29) is 10.6 Å². The molecule has 7 heteroatoms. The highest BCUT2D eigenvalue weighted by Crippen LogP contribution is 2.29. The van der Waals surface area contributed by atoms with Crippen molar-refractivity contribution in [1.82, 2.24) is 14.8 Å². The highest BCUT2D eigenvalue weighted by atomic mass is 16.6. The second-order valence-electron chi connectivity index (χ2n) is 4.93. The van der Waals surface area contributed by atoms with Gasteiger partial charge in [-0.15, -0.1) is 0 Å². The number of anilines is 1. The van der Waals surface area contributed by atoms with Crippen molar-refractivity contribution in [2.45, 2.75) is 33.2 Å². The van der Waals surface area contributed by atoms with Crippen LogP contribution in [0.25, 0.3) is 0 Å². The first-order valence-corrected chi connectivity index (χ1v) is 6.88. The molecule has 0 saturated carbocycles.